The quantitative estimate of drug-likeness (QED) is 0.623. The van der Waals surface area contributed by atoms with Gasteiger partial charge in [0.15, 0.2) is 0 Å². The molecular weight excluding hydrogens is 183 g/mol. The van der Waals surface area contributed by atoms with E-state index in [9.17, 15) is 0 Å². The summed E-state index contributed by atoms with van der Waals surface area (Å²) in [6.45, 7) is 3.76. The Labute approximate surface area is 80.5 Å². The third kappa shape index (κ3) is 1.64. The molecule has 4 heteroatoms. The van der Waals surface area contributed by atoms with E-state index in [-0.39, 0.29) is 24.8 Å². The van der Waals surface area contributed by atoms with Gasteiger partial charge in [0.05, 0.1) is 0 Å². The number of halogens is 2. The van der Waals surface area contributed by atoms with Crippen molar-refractivity contribution in [3.63, 3.8) is 0 Å². The standard InChI is InChI=1S/C7H14N2.2ClH/c1-9-5-3-7(9)2-4-8-6-7;;/h8H,2-6H2,1H3;2*1H. The van der Waals surface area contributed by atoms with Crippen LogP contribution in [0.15, 0.2) is 0 Å². The van der Waals surface area contributed by atoms with Crippen molar-refractivity contribution in [2.45, 2.75) is 18.4 Å². The Balaban J connectivity index is 0.000000500. The normalized spacial score (nSPS) is 35.7. The Bertz CT molecular complexity index is 124. The van der Waals surface area contributed by atoms with Crippen molar-refractivity contribution in [3.8, 4) is 0 Å². The molecule has 2 heterocycles. The topological polar surface area (TPSA) is 15.3 Å². The fourth-order valence-electron chi connectivity index (χ4n) is 1.92. The zero-order valence-electron chi connectivity index (χ0n) is 6.80. The van der Waals surface area contributed by atoms with Crippen LogP contribution < -0.4 is 5.32 Å². The van der Waals surface area contributed by atoms with E-state index in [0.717, 1.165) is 0 Å². The maximum atomic E-state index is 3.40. The highest BCUT2D eigenvalue weighted by Crippen LogP contribution is 2.33. The number of hydrogen-bond donors (Lipinski definition) is 1. The van der Waals surface area contributed by atoms with Crippen LogP contribution in [0.2, 0.25) is 0 Å². The molecule has 2 nitrogen and oxygen atoms in total. The van der Waals surface area contributed by atoms with Crippen LogP contribution in [0.3, 0.4) is 0 Å². The third-order valence-electron chi connectivity index (χ3n) is 2.94. The number of nitrogens with zero attached hydrogens (tertiary/aromatic N) is 1. The lowest BCUT2D eigenvalue weighted by Crippen LogP contribution is -2.58. The average Bonchev–Trinajstić information content (AvgIpc) is 2.34. The van der Waals surface area contributed by atoms with Gasteiger partial charge in [-0.2, -0.15) is 0 Å². The highest BCUT2D eigenvalue weighted by molar-refractivity contribution is 5.85. The van der Waals surface area contributed by atoms with Crippen LogP contribution in [0.1, 0.15) is 12.8 Å². The number of likely N-dealkylation sites (N-methyl/N-ethyl adjacent to an activating group) is 1. The molecule has 2 aliphatic heterocycles. The molecule has 0 radical (unpaired) electrons. The van der Waals surface area contributed by atoms with Gasteiger partial charge >= 0.3 is 0 Å². The molecule has 2 aliphatic rings. The van der Waals surface area contributed by atoms with Crippen molar-refractivity contribution in [3.05, 3.63) is 0 Å². The summed E-state index contributed by atoms with van der Waals surface area (Å²) < 4.78 is 0. The highest BCUT2D eigenvalue weighted by Gasteiger charge is 2.43. The van der Waals surface area contributed by atoms with Gasteiger partial charge in [0.1, 0.15) is 0 Å². The van der Waals surface area contributed by atoms with Crippen LogP contribution in [0, 0.1) is 0 Å². The van der Waals surface area contributed by atoms with Gasteiger partial charge in [0, 0.05) is 18.6 Å². The molecule has 1 unspecified atom stereocenters. The van der Waals surface area contributed by atoms with Gasteiger partial charge in [-0.05, 0) is 26.4 Å². The van der Waals surface area contributed by atoms with Crippen LogP contribution >= 0.6 is 24.8 Å². The van der Waals surface area contributed by atoms with Crippen LogP contribution in [0.4, 0.5) is 0 Å². The number of hydrogen-bond acceptors (Lipinski definition) is 2. The van der Waals surface area contributed by atoms with Crippen molar-refractivity contribution in [2.75, 3.05) is 26.7 Å². The molecule has 2 fully saturated rings. The molecule has 2 saturated heterocycles. The van der Waals surface area contributed by atoms with Crippen molar-refractivity contribution in [1.29, 1.82) is 0 Å². The smallest absolute Gasteiger partial charge is 0.0355 e. The largest absolute Gasteiger partial charge is 0.315 e. The van der Waals surface area contributed by atoms with Crippen LogP contribution in [-0.2, 0) is 0 Å². The van der Waals surface area contributed by atoms with Crippen molar-refractivity contribution < 1.29 is 0 Å². The monoisotopic (exact) mass is 198 g/mol. The second kappa shape index (κ2) is 3.94. The summed E-state index contributed by atoms with van der Waals surface area (Å²) in [5.41, 5.74) is 0.597. The van der Waals surface area contributed by atoms with Crippen LogP contribution in [-0.4, -0.2) is 37.1 Å². The molecule has 0 amide bonds. The van der Waals surface area contributed by atoms with Gasteiger partial charge < -0.3 is 5.32 Å². The summed E-state index contributed by atoms with van der Waals surface area (Å²) in [6.07, 6.45) is 2.78. The first-order valence-corrected chi connectivity index (χ1v) is 3.75. The summed E-state index contributed by atoms with van der Waals surface area (Å²) in [4.78, 5) is 2.48. The number of likely N-dealkylation sites (tertiary alicyclic amines) is 1. The Kier molecular flexibility index (Phi) is 4.12. The minimum Gasteiger partial charge on any atom is -0.315 e. The molecule has 1 N–H and O–H groups in total. The molecule has 0 aromatic carbocycles. The molecule has 68 valence electrons. The predicted octanol–water partition coefficient (Wildman–Crippen LogP) is 0.898. The lowest BCUT2D eigenvalue weighted by molar-refractivity contribution is 0.0292. The molecule has 0 saturated carbocycles. The van der Waals surface area contributed by atoms with Crippen LogP contribution in [0.5, 0.6) is 0 Å². The van der Waals surface area contributed by atoms with Gasteiger partial charge in [-0.25, -0.2) is 0 Å². The van der Waals surface area contributed by atoms with Crippen molar-refractivity contribution in [2.24, 2.45) is 0 Å². The van der Waals surface area contributed by atoms with Gasteiger partial charge in [0.2, 0.25) is 0 Å². The maximum absolute atomic E-state index is 3.40. The Hall–Kier alpha value is 0.500. The first kappa shape index (κ1) is 11.5. The van der Waals surface area contributed by atoms with Crippen molar-refractivity contribution >= 4 is 24.8 Å². The lowest BCUT2D eigenvalue weighted by Gasteiger charge is -2.48. The van der Waals surface area contributed by atoms with Gasteiger partial charge in [-0.1, -0.05) is 0 Å². The molecule has 0 aromatic heterocycles. The number of nitrogens with one attached hydrogen (secondary N) is 1. The van der Waals surface area contributed by atoms with E-state index in [1.165, 1.54) is 32.5 Å². The minimum atomic E-state index is 0. The number of rotatable bonds is 0. The van der Waals surface area contributed by atoms with E-state index in [1.807, 2.05) is 0 Å². The maximum Gasteiger partial charge on any atom is 0.0355 e. The molecular formula is C7H16Cl2N2. The summed E-state index contributed by atoms with van der Waals surface area (Å²) in [7, 11) is 2.23. The summed E-state index contributed by atoms with van der Waals surface area (Å²) in [5, 5.41) is 3.40. The summed E-state index contributed by atoms with van der Waals surface area (Å²) in [5.74, 6) is 0. The molecule has 1 spiro atoms. The molecule has 0 bridgehead atoms. The van der Waals surface area contributed by atoms with E-state index in [4.69, 9.17) is 0 Å². The summed E-state index contributed by atoms with van der Waals surface area (Å²) >= 11 is 0. The SMILES string of the molecule is CN1CCC12CCNC2.Cl.Cl. The minimum absolute atomic E-state index is 0. The average molecular weight is 199 g/mol. The van der Waals surface area contributed by atoms with Crippen molar-refractivity contribution in [1.82, 2.24) is 10.2 Å². The van der Waals surface area contributed by atoms with E-state index >= 15 is 0 Å². The molecule has 0 aromatic rings. The molecule has 11 heavy (non-hydrogen) atoms. The molecule has 0 aliphatic carbocycles. The first-order valence-electron chi connectivity index (χ1n) is 3.75. The Morgan fingerprint density at radius 3 is 2.18 bits per heavy atom. The fourth-order valence-corrected chi connectivity index (χ4v) is 1.92. The second-order valence-electron chi connectivity index (χ2n) is 3.32. The van der Waals surface area contributed by atoms with Gasteiger partial charge in [-0.3, -0.25) is 4.90 Å². The van der Waals surface area contributed by atoms with E-state index in [0.29, 0.717) is 5.54 Å². The van der Waals surface area contributed by atoms with Gasteiger partial charge in [0.25, 0.3) is 0 Å². The zero-order valence-corrected chi connectivity index (χ0v) is 8.43. The van der Waals surface area contributed by atoms with E-state index in [2.05, 4.69) is 17.3 Å². The summed E-state index contributed by atoms with van der Waals surface area (Å²) in [6, 6.07) is 0. The van der Waals surface area contributed by atoms with E-state index in [1.54, 1.807) is 0 Å². The second-order valence-corrected chi connectivity index (χ2v) is 3.32. The zero-order chi connectivity index (χ0) is 6.32. The molecule has 2 rings (SSSR count). The third-order valence-corrected chi connectivity index (χ3v) is 2.94. The lowest BCUT2D eigenvalue weighted by atomic mass is 9.85. The molecule has 1 atom stereocenters. The predicted molar refractivity (Wildman–Crippen MR) is 52.0 cm³/mol. The van der Waals surface area contributed by atoms with E-state index < -0.39 is 0 Å². The van der Waals surface area contributed by atoms with Crippen LogP contribution in [0.25, 0.3) is 0 Å². The Morgan fingerprint density at radius 2 is 2.00 bits per heavy atom. The first-order chi connectivity index (χ1) is 4.33. The fraction of sp³-hybridized carbons (Fsp3) is 1.00. The Morgan fingerprint density at radius 1 is 1.27 bits per heavy atom. The highest BCUT2D eigenvalue weighted by atomic mass is 35.5. The van der Waals surface area contributed by atoms with Gasteiger partial charge in [-0.15, -0.1) is 24.8 Å².